The Morgan fingerprint density at radius 2 is 1.90 bits per heavy atom. The molecule has 0 saturated heterocycles. The van der Waals surface area contributed by atoms with E-state index in [-0.39, 0.29) is 6.10 Å². The summed E-state index contributed by atoms with van der Waals surface area (Å²) >= 11 is 0. The average Bonchev–Trinajstić information content (AvgIpc) is 2.45. The molecule has 104 valence electrons. The lowest BCUT2D eigenvalue weighted by Crippen LogP contribution is -2.16. The molecule has 1 aromatic heterocycles. The van der Waals surface area contributed by atoms with Crippen molar-refractivity contribution in [3.05, 3.63) is 59.0 Å². The van der Waals surface area contributed by atoms with Gasteiger partial charge in [-0.3, -0.25) is 0 Å². The molecular weight excluding hydrogens is 267 g/mol. The Morgan fingerprint density at radius 1 is 1.10 bits per heavy atom. The van der Waals surface area contributed by atoms with Gasteiger partial charge < -0.3 is 4.74 Å². The zero-order valence-electron chi connectivity index (χ0n) is 10.6. The van der Waals surface area contributed by atoms with Crippen molar-refractivity contribution in [1.82, 2.24) is 4.98 Å². The monoisotopic (exact) mass is 279 g/mol. The summed E-state index contributed by atoms with van der Waals surface area (Å²) in [5, 5.41) is 0. The highest BCUT2D eigenvalue weighted by Gasteiger charge is 2.24. The highest BCUT2D eigenvalue weighted by atomic mass is 19.2. The Morgan fingerprint density at radius 3 is 2.75 bits per heavy atom. The van der Waals surface area contributed by atoms with Crippen LogP contribution in [0.15, 0.2) is 30.3 Å². The first-order chi connectivity index (χ1) is 9.65. The van der Waals surface area contributed by atoms with Crippen LogP contribution >= 0.6 is 0 Å². The SMILES string of the molecule is Fc1cc(F)c(OC2CCCc3ccccc32)nc1F. The molecule has 0 aliphatic heterocycles. The molecule has 1 heterocycles. The number of nitrogens with zero attached hydrogens (tertiary/aromatic N) is 1. The van der Waals surface area contributed by atoms with Gasteiger partial charge in [0, 0.05) is 6.07 Å². The third-order valence-electron chi connectivity index (χ3n) is 3.42. The van der Waals surface area contributed by atoms with Crippen molar-refractivity contribution in [2.24, 2.45) is 0 Å². The minimum atomic E-state index is -1.36. The molecule has 1 atom stereocenters. The molecule has 1 aromatic carbocycles. The van der Waals surface area contributed by atoms with Crippen molar-refractivity contribution >= 4 is 0 Å². The van der Waals surface area contributed by atoms with Crippen molar-refractivity contribution in [2.75, 3.05) is 0 Å². The van der Waals surface area contributed by atoms with E-state index in [2.05, 4.69) is 4.98 Å². The van der Waals surface area contributed by atoms with Crippen molar-refractivity contribution in [3.63, 3.8) is 0 Å². The van der Waals surface area contributed by atoms with Crippen LogP contribution in [0.5, 0.6) is 5.88 Å². The summed E-state index contributed by atoms with van der Waals surface area (Å²) < 4.78 is 44.9. The highest BCUT2D eigenvalue weighted by Crippen LogP contribution is 2.33. The Hall–Kier alpha value is -2.04. The molecule has 0 fully saturated rings. The van der Waals surface area contributed by atoms with Crippen molar-refractivity contribution < 1.29 is 17.9 Å². The van der Waals surface area contributed by atoms with E-state index in [1.165, 1.54) is 0 Å². The normalized spacial score (nSPS) is 17.6. The van der Waals surface area contributed by atoms with Crippen LogP contribution in [-0.4, -0.2) is 4.98 Å². The zero-order chi connectivity index (χ0) is 14.1. The summed E-state index contributed by atoms with van der Waals surface area (Å²) in [6.07, 6.45) is 2.14. The molecular formula is C15H12F3NO. The van der Waals surface area contributed by atoms with E-state index < -0.39 is 23.5 Å². The van der Waals surface area contributed by atoms with Crippen LogP contribution in [0.4, 0.5) is 13.2 Å². The molecule has 2 aromatic rings. The van der Waals surface area contributed by atoms with Gasteiger partial charge in [0.1, 0.15) is 6.10 Å². The van der Waals surface area contributed by atoms with Crippen LogP contribution in [0.25, 0.3) is 0 Å². The van der Waals surface area contributed by atoms with E-state index in [1.54, 1.807) is 0 Å². The number of rotatable bonds is 2. The van der Waals surface area contributed by atoms with Crippen molar-refractivity contribution in [1.29, 1.82) is 0 Å². The van der Waals surface area contributed by atoms with Crippen molar-refractivity contribution in [3.8, 4) is 5.88 Å². The number of ether oxygens (including phenoxy) is 1. The fraction of sp³-hybridized carbons (Fsp3) is 0.267. The summed E-state index contributed by atoms with van der Waals surface area (Å²) in [6.45, 7) is 0. The molecule has 0 N–H and O–H groups in total. The first-order valence-corrected chi connectivity index (χ1v) is 6.41. The lowest BCUT2D eigenvalue weighted by Gasteiger charge is -2.25. The van der Waals surface area contributed by atoms with Crippen LogP contribution in [0.3, 0.4) is 0 Å². The minimum absolute atomic E-state index is 0.383. The lowest BCUT2D eigenvalue weighted by molar-refractivity contribution is 0.164. The Labute approximate surface area is 114 Å². The molecule has 1 aliphatic rings. The van der Waals surface area contributed by atoms with Gasteiger partial charge in [-0.25, -0.2) is 8.78 Å². The molecule has 0 amide bonds. The van der Waals surface area contributed by atoms with Gasteiger partial charge in [0.25, 0.3) is 11.8 Å². The van der Waals surface area contributed by atoms with Gasteiger partial charge in [-0.2, -0.15) is 9.37 Å². The van der Waals surface area contributed by atoms with Gasteiger partial charge in [-0.15, -0.1) is 0 Å². The number of hydrogen-bond acceptors (Lipinski definition) is 2. The number of hydrogen-bond donors (Lipinski definition) is 0. The molecule has 1 unspecified atom stereocenters. The van der Waals surface area contributed by atoms with E-state index in [0.717, 1.165) is 24.0 Å². The van der Waals surface area contributed by atoms with Crippen molar-refractivity contribution in [2.45, 2.75) is 25.4 Å². The third kappa shape index (κ3) is 2.35. The van der Waals surface area contributed by atoms with E-state index in [1.807, 2.05) is 24.3 Å². The topological polar surface area (TPSA) is 22.1 Å². The molecule has 20 heavy (non-hydrogen) atoms. The van der Waals surface area contributed by atoms with E-state index in [9.17, 15) is 13.2 Å². The van der Waals surface area contributed by atoms with Gasteiger partial charge >= 0.3 is 0 Å². The summed E-state index contributed by atoms with van der Waals surface area (Å²) in [6, 6.07) is 8.14. The number of benzene rings is 1. The second-order valence-corrected chi connectivity index (χ2v) is 4.75. The average molecular weight is 279 g/mol. The van der Waals surface area contributed by atoms with Gasteiger partial charge in [-0.1, -0.05) is 24.3 Å². The number of aryl methyl sites for hydroxylation is 1. The standard InChI is InChI=1S/C15H12F3NO/c16-11-8-12(17)15(19-14(11)18)20-13-7-3-5-9-4-1-2-6-10(9)13/h1-2,4,6,8,13H,3,5,7H2. The fourth-order valence-corrected chi connectivity index (χ4v) is 2.48. The van der Waals surface area contributed by atoms with Crippen LogP contribution in [-0.2, 0) is 6.42 Å². The van der Waals surface area contributed by atoms with E-state index >= 15 is 0 Å². The quantitative estimate of drug-likeness (QED) is 0.776. The molecule has 0 radical (unpaired) electrons. The van der Waals surface area contributed by atoms with Crippen LogP contribution in [0, 0.1) is 17.6 Å². The third-order valence-corrected chi connectivity index (χ3v) is 3.42. The second-order valence-electron chi connectivity index (χ2n) is 4.75. The summed E-state index contributed by atoms with van der Waals surface area (Å²) in [5.41, 5.74) is 2.08. The molecule has 0 spiro atoms. The Balaban J connectivity index is 1.91. The molecule has 0 bridgehead atoms. The summed E-state index contributed by atoms with van der Waals surface area (Å²) in [5.74, 6) is -4.16. The van der Waals surface area contributed by atoms with Crippen LogP contribution < -0.4 is 4.74 Å². The second kappa shape index (κ2) is 5.15. The maximum atomic E-state index is 13.6. The summed E-state index contributed by atoms with van der Waals surface area (Å²) in [4.78, 5) is 3.20. The first-order valence-electron chi connectivity index (χ1n) is 6.41. The van der Waals surface area contributed by atoms with Gasteiger partial charge in [0.15, 0.2) is 11.6 Å². The van der Waals surface area contributed by atoms with Gasteiger partial charge in [-0.05, 0) is 30.4 Å². The molecule has 1 aliphatic carbocycles. The van der Waals surface area contributed by atoms with Crippen LogP contribution in [0.2, 0.25) is 0 Å². The van der Waals surface area contributed by atoms with E-state index in [0.29, 0.717) is 12.5 Å². The first kappa shape index (κ1) is 13.0. The number of aromatic nitrogens is 1. The lowest BCUT2D eigenvalue weighted by atomic mass is 9.89. The molecule has 0 saturated carbocycles. The Bertz CT molecular complexity index is 645. The number of pyridine rings is 1. The molecule has 3 rings (SSSR count). The number of halogens is 3. The van der Waals surface area contributed by atoms with E-state index in [4.69, 9.17) is 4.74 Å². The largest absolute Gasteiger partial charge is 0.467 e. The fourth-order valence-electron chi connectivity index (χ4n) is 2.48. The predicted octanol–water partition coefficient (Wildman–Crippen LogP) is 3.96. The molecule has 2 nitrogen and oxygen atoms in total. The smallest absolute Gasteiger partial charge is 0.253 e. The maximum Gasteiger partial charge on any atom is 0.253 e. The van der Waals surface area contributed by atoms with Gasteiger partial charge in [0.2, 0.25) is 0 Å². The van der Waals surface area contributed by atoms with Gasteiger partial charge in [0.05, 0.1) is 0 Å². The predicted molar refractivity (Wildman–Crippen MR) is 66.9 cm³/mol. The number of fused-ring (bicyclic) bond motifs is 1. The Kier molecular flexibility index (Phi) is 3.34. The summed E-state index contributed by atoms with van der Waals surface area (Å²) in [7, 11) is 0. The highest BCUT2D eigenvalue weighted by molar-refractivity contribution is 5.32. The minimum Gasteiger partial charge on any atom is -0.467 e. The van der Waals surface area contributed by atoms with Crippen LogP contribution in [0.1, 0.15) is 30.1 Å². The molecule has 5 heteroatoms. The maximum absolute atomic E-state index is 13.6. The zero-order valence-corrected chi connectivity index (χ0v) is 10.6.